The van der Waals surface area contributed by atoms with Gasteiger partial charge in [0.15, 0.2) is 21.3 Å². The maximum atomic E-state index is 12.5. The molecule has 0 aliphatic carbocycles. The minimum absolute atomic E-state index is 0. The standard InChI is InChI=1S/C18H26N2O5S.ClH/c21-18(20-8-5-14-2-1-7-19-13-14)6-11-26(22,23)15-3-4-16-17(12-15)25-10-9-24-16;/h3-4,12,14,19H,1-2,5-11,13H2,(H,20,21);1H. The zero-order valence-corrected chi connectivity index (χ0v) is 16.9. The number of ether oxygens (including phenoxy) is 2. The summed E-state index contributed by atoms with van der Waals surface area (Å²) in [7, 11) is -3.54. The van der Waals surface area contributed by atoms with E-state index < -0.39 is 9.84 Å². The van der Waals surface area contributed by atoms with Gasteiger partial charge in [0.2, 0.25) is 5.91 Å². The van der Waals surface area contributed by atoms with Gasteiger partial charge in [-0.1, -0.05) is 0 Å². The van der Waals surface area contributed by atoms with E-state index in [2.05, 4.69) is 10.6 Å². The largest absolute Gasteiger partial charge is 0.486 e. The van der Waals surface area contributed by atoms with Crippen LogP contribution in [0.1, 0.15) is 25.7 Å². The average molecular weight is 419 g/mol. The van der Waals surface area contributed by atoms with Gasteiger partial charge in [-0.25, -0.2) is 8.42 Å². The summed E-state index contributed by atoms with van der Waals surface area (Å²) in [4.78, 5) is 12.1. The van der Waals surface area contributed by atoms with Gasteiger partial charge in [0, 0.05) is 19.0 Å². The van der Waals surface area contributed by atoms with Crippen LogP contribution in [0.2, 0.25) is 0 Å². The molecule has 1 atom stereocenters. The Bertz CT molecular complexity index is 735. The van der Waals surface area contributed by atoms with E-state index in [9.17, 15) is 13.2 Å². The molecule has 1 aromatic carbocycles. The summed E-state index contributed by atoms with van der Waals surface area (Å²) in [6.07, 6.45) is 3.24. The molecule has 7 nitrogen and oxygen atoms in total. The van der Waals surface area contributed by atoms with Crippen molar-refractivity contribution in [1.82, 2.24) is 10.6 Å². The molecule has 0 spiro atoms. The number of hydrogen-bond donors (Lipinski definition) is 2. The normalized spacial score (nSPS) is 19.0. The Labute approximate surface area is 166 Å². The summed E-state index contributed by atoms with van der Waals surface area (Å²) in [6.45, 7) is 3.51. The quantitative estimate of drug-likeness (QED) is 0.697. The predicted molar refractivity (Wildman–Crippen MR) is 105 cm³/mol. The number of piperidine rings is 1. The fraction of sp³-hybridized carbons (Fsp3) is 0.611. The number of sulfone groups is 1. The lowest BCUT2D eigenvalue weighted by atomic mass is 9.96. The SMILES string of the molecule is Cl.O=C(CCS(=O)(=O)c1ccc2c(c1)OCCO2)NCCC1CCCNC1. The van der Waals surface area contributed by atoms with Crippen LogP contribution < -0.4 is 20.1 Å². The highest BCUT2D eigenvalue weighted by Gasteiger charge is 2.21. The number of carbonyl (C=O) groups is 1. The molecular formula is C18H27ClN2O5S. The Morgan fingerprint density at radius 1 is 1.22 bits per heavy atom. The van der Waals surface area contributed by atoms with Gasteiger partial charge in [-0.05, 0) is 50.4 Å². The summed E-state index contributed by atoms with van der Waals surface area (Å²) < 4.78 is 35.7. The summed E-state index contributed by atoms with van der Waals surface area (Å²) in [6, 6.07) is 4.56. The third-order valence-electron chi connectivity index (χ3n) is 4.74. The van der Waals surface area contributed by atoms with Crippen molar-refractivity contribution in [3.8, 4) is 11.5 Å². The van der Waals surface area contributed by atoms with Crippen LogP contribution in [0.25, 0.3) is 0 Å². The van der Waals surface area contributed by atoms with E-state index in [1.165, 1.54) is 25.0 Å². The van der Waals surface area contributed by atoms with Crippen LogP contribution in [0, 0.1) is 5.92 Å². The van der Waals surface area contributed by atoms with Crippen molar-refractivity contribution in [2.24, 2.45) is 5.92 Å². The Morgan fingerprint density at radius 3 is 2.74 bits per heavy atom. The van der Waals surface area contributed by atoms with Gasteiger partial charge in [0.25, 0.3) is 0 Å². The Kier molecular flexibility index (Phi) is 8.19. The molecule has 1 unspecified atom stereocenters. The van der Waals surface area contributed by atoms with Crippen molar-refractivity contribution in [3.05, 3.63) is 18.2 Å². The molecule has 27 heavy (non-hydrogen) atoms. The highest BCUT2D eigenvalue weighted by Crippen LogP contribution is 2.32. The molecule has 1 saturated heterocycles. The van der Waals surface area contributed by atoms with Gasteiger partial charge in [0.05, 0.1) is 10.6 Å². The Morgan fingerprint density at radius 2 is 2.00 bits per heavy atom. The van der Waals surface area contributed by atoms with E-state index in [4.69, 9.17) is 9.47 Å². The molecule has 2 aliphatic rings. The van der Waals surface area contributed by atoms with Gasteiger partial charge in [-0.15, -0.1) is 12.4 Å². The number of carbonyl (C=O) groups excluding carboxylic acids is 1. The lowest BCUT2D eigenvalue weighted by Crippen LogP contribution is -2.33. The number of rotatable bonds is 7. The minimum atomic E-state index is -3.54. The van der Waals surface area contributed by atoms with Crippen LogP contribution in [0.4, 0.5) is 0 Å². The van der Waals surface area contributed by atoms with Crippen molar-refractivity contribution < 1.29 is 22.7 Å². The van der Waals surface area contributed by atoms with Crippen molar-refractivity contribution in [2.45, 2.75) is 30.6 Å². The zero-order valence-electron chi connectivity index (χ0n) is 15.2. The number of benzene rings is 1. The highest BCUT2D eigenvalue weighted by molar-refractivity contribution is 7.91. The number of amides is 1. The first kappa shape index (κ1) is 21.8. The maximum absolute atomic E-state index is 12.5. The maximum Gasteiger partial charge on any atom is 0.221 e. The lowest BCUT2D eigenvalue weighted by molar-refractivity contribution is -0.120. The molecule has 0 bridgehead atoms. The molecule has 3 rings (SSSR count). The molecule has 1 fully saturated rings. The van der Waals surface area contributed by atoms with Gasteiger partial charge in [-0.2, -0.15) is 0 Å². The third kappa shape index (κ3) is 6.26. The number of fused-ring (bicyclic) bond motifs is 1. The number of nitrogens with one attached hydrogen (secondary N) is 2. The topological polar surface area (TPSA) is 93.7 Å². The molecule has 1 amide bonds. The number of hydrogen-bond acceptors (Lipinski definition) is 6. The van der Waals surface area contributed by atoms with E-state index in [1.54, 1.807) is 6.07 Å². The third-order valence-corrected chi connectivity index (χ3v) is 6.46. The summed E-state index contributed by atoms with van der Waals surface area (Å²) >= 11 is 0. The van der Waals surface area contributed by atoms with E-state index in [0.717, 1.165) is 19.5 Å². The molecular weight excluding hydrogens is 392 g/mol. The predicted octanol–water partition coefficient (Wildman–Crippen LogP) is 1.55. The van der Waals surface area contributed by atoms with E-state index in [1.807, 2.05) is 0 Å². The van der Waals surface area contributed by atoms with Crippen LogP contribution in [0.5, 0.6) is 11.5 Å². The van der Waals surface area contributed by atoms with Gasteiger partial charge < -0.3 is 20.1 Å². The van der Waals surface area contributed by atoms with Crippen LogP contribution in [0.15, 0.2) is 23.1 Å². The second kappa shape index (κ2) is 10.1. The summed E-state index contributed by atoms with van der Waals surface area (Å²) in [5.41, 5.74) is 0. The Balaban J connectivity index is 0.00000261. The number of halogens is 1. The fourth-order valence-corrected chi connectivity index (χ4v) is 4.49. The molecule has 1 aromatic rings. The van der Waals surface area contributed by atoms with Crippen molar-refractivity contribution in [2.75, 3.05) is 38.6 Å². The molecule has 2 aliphatic heterocycles. The van der Waals surface area contributed by atoms with Crippen LogP contribution >= 0.6 is 12.4 Å². The smallest absolute Gasteiger partial charge is 0.221 e. The Hall–Kier alpha value is -1.51. The monoisotopic (exact) mass is 418 g/mol. The second-order valence-corrected chi connectivity index (χ2v) is 8.83. The van der Waals surface area contributed by atoms with E-state index in [-0.39, 0.29) is 35.4 Å². The highest BCUT2D eigenvalue weighted by atomic mass is 35.5. The summed E-state index contributed by atoms with van der Waals surface area (Å²) in [5, 5.41) is 6.17. The van der Waals surface area contributed by atoms with Crippen molar-refractivity contribution in [1.29, 1.82) is 0 Å². The van der Waals surface area contributed by atoms with Crippen molar-refractivity contribution in [3.63, 3.8) is 0 Å². The van der Waals surface area contributed by atoms with Gasteiger partial charge in [0.1, 0.15) is 13.2 Å². The summed E-state index contributed by atoms with van der Waals surface area (Å²) in [5.74, 6) is 1.12. The first-order chi connectivity index (χ1) is 12.5. The first-order valence-corrected chi connectivity index (χ1v) is 10.8. The molecule has 0 saturated carbocycles. The minimum Gasteiger partial charge on any atom is -0.486 e. The molecule has 2 N–H and O–H groups in total. The molecule has 2 heterocycles. The lowest BCUT2D eigenvalue weighted by Gasteiger charge is -2.22. The van der Waals surface area contributed by atoms with Crippen LogP contribution in [-0.4, -0.2) is 52.9 Å². The van der Waals surface area contributed by atoms with E-state index in [0.29, 0.717) is 37.2 Å². The molecule has 0 radical (unpaired) electrons. The molecule has 0 aromatic heterocycles. The average Bonchev–Trinajstić information content (AvgIpc) is 2.67. The molecule has 152 valence electrons. The van der Waals surface area contributed by atoms with Crippen LogP contribution in [0.3, 0.4) is 0 Å². The van der Waals surface area contributed by atoms with Crippen molar-refractivity contribution >= 4 is 28.2 Å². The van der Waals surface area contributed by atoms with Gasteiger partial charge >= 0.3 is 0 Å². The van der Waals surface area contributed by atoms with Crippen LogP contribution in [-0.2, 0) is 14.6 Å². The molecule has 9 heteroatoms. The second-order valence-electron chi connectivity index (χ2n) is 6.73. The fourth-order valence-electron chi connectivity index (χ4n) is 3.24. The zero-order chi connectivity index (χ0) is 18.4. The van der Waals surface area contributed by atoms with E-state index >= 15 is 0 Å². The first-order valence-electron chi connectivity index (χ1n) is 9.14. The van der Waals surface area contributed by atoms with Gasteiger partial charge in [-0.3, -0.25) is 4.79 Å².